The van der Waals surface area contributed by atoms with Gasteiger partial charge < -0.3 is 10.6 Å². The molecule has 2 heterocycles. The molecule has 10 nitrogen and oxygen atoms in total. The van der Waals surface area contributed by atoms with Gasteiger partial charge in [0.05, 0.1) is 16.9 Å². The van der Waals surface area contributed by atoms with Crippen molar-refractivity contribution in [1.29, 1.82) is 0 Å². The number of aromatic nitrogens is 6. The summed E-state index contributed by atoms with van der Waals surface area (Å²) in [5, 5.41) is 26.1. The van der Waals surface area contributed by atoms with E-state index < -0.39 is 5.54 Å². The lowest BCUT2D eigenvalue weighted by molar-refractivity contribution is -0.125. The molecule has 2 aromatic heterocycles. The van der Waals surface area contributed by atoms with Crippen LogP contribution in [0.15, 0.2) is 72.8 Å². The highest BCUT2D eigenvalue weighted by Crippen LogP contribution is 2.38. The van der Waals surface area contributed by atoms with E-state index >= 15 is 0 Å². The molecule has 0 aliphatic heterocycles. The van der Waals surface area contributed by atoms with Crippen LogP contribution in [0.3, 0.4) is 0 Å². The van der Waals surface area contributed by atoms with Crippen molar-refractivity contribution >= 4 is 28.4 Å². The third-order valence-corrected chi connectivity index (χ3v) is 8.71. The van der Waals surface area contributed by atoms with Crippen molar-refractivity contribution in [2.45, 2.75) is 62.8 Å². The van der Waals surface area contributed by atoms with E-state index in [2.05, 4.69) is 48.1 Å². The molecule has 212 valence electrons. The van der Waals surface area contributed by atoms with Crippen molar-refractivity contribution < 1.29 is 9.59 Å². The summed E-state index contributed by atoms with van der Waals surface area (Å²) in [5.41, 5.74) is 4.01. The Hall–Kier alpha value is -4.86. The van der Waals surface area contributed by atoms with Crippen molar-refractivity contribution in [2.24, 2.45) is 0 Å². The van der Waals surface area contributed by atoms with E-state index in [1.165, 1.54) is 25.0 Å². The SMILES string of the molecule is O=C(NC1(C(=O)Nc2ccc(-c3nn[nH]n3)cc2)CCC1)c1ccc2c(C3CCCCC3)n(-c3ccccc3)nc2c1. The van der Waals surface area contributed by atoms with Gasteiger partial charge in [-0.15, -0.1) is 10.2 Å². The molecule has 0 radical (unpaired) electrons. The molecule has 7 rings (SSSR count). The number of tetrazole rings is 1. The Bertz CT molecular complexity index is 1720. The number of hydrogen-bond donors (Lipinski definition) is 3. The first-order valence-electron chi connectivity index (χ1n) is 14.7. The highest BCUT2D eigenvalue weighted by Gasteiger charge is 2.45. The van der Waals surface area contributed by atoms with Crippen LogP contribution in [-0.4, -0.2) is 47.8 Å². The number of nitrogens with one attached hydrogen (secondary N) is 3. The van der Waals surface area contributed by atoms with Gasteiger partial charge in [-0.2, -0.15) is 10.3 Å². The van der Waals surface area contributed by atoms with Crippen molar-refractivity contribution in [3.8, 4) is 17.1 Å². The summed E-state index contributed by atoms with van der Waals surface area (Å²) in [7, 11) is 0. The fraction of sp³-hybridized carbons (Fsp3) is 0.312. The maximum Gasteiger partial charge on any atom is 0.252 e. The number of H-pyrrole nitrogens is 1. The van der Waals surface area contributed by atoms with E-state index in [9.17, 15) is 9.59 Å². The van der Waals surface area contributed by atoms with Gasteiger partial charge in [0.25, 0.3) is 5.91 Å². The van der Waals surface area contributed by atoms with Gasteiger partial charge in [0.15, 0.2) is 0 Å². The van der Waals surface area contributed by atoms with Gasteiger partial charge in [-0.25, -0.2) is 4.68 Å². The largest absolute Gasteiger partial charge is 0.338 e. The van der Waals surface area contributed by atoms with Crippen LogP contribution in [0.25, 0.3) is 28.0 Å². The minimum absolute atomic E-state index is 0.219. The molecule has 2 amide bonds. The van der Waals surface area contributed by atoms with Crippen LogP contribution in [0.4, 0.5) is 5.69 Å². The standard InChI is InChI=1S/C32H32N8O2/c41-30(34-32(18-7-19-32)31(42)33-24-15-12-22(13-16-24)29-35-38-39-36-29)23-14-17-26-27(20-23)37-40(25-10-5-2-6-11-25)28(26)21-8-3-1-4-9-21/h2,5-6,10-17,20-21H,1,3-4,7-9,18-19H2,(H,33,42)(H,34,41)(H,35,36,38,39). The van der Waals surface area contributed by atoms with Crippen LogP contribution >= 0.6 is 0 Å². The smallest absolute Gasteiger partial charge is 0.252 e. The van der Waals surface area contributed by atoms with E-state index in [4.69, 9.17) is 5.10 Å². The summed E-state index contributed by atoms with van der Waals surface area (Å²) in [5.74, 6) is 0.426. The zero-order valence-corrected chi connectivity index (χ0v) is 23.2. The van der Waals surface area contributed by atoms with Crippen LogP contribution in [0, 0.1) is 0 Å². The van der Waals surface area contributed by atoms with E-state index in [1.54, 1.807) is 12.1 Å². The predicted molar refractivity (Wildman–Crippen MR) is 159 cm³/mol. The highest BCUT2D eigenvalue weighted by molar-refractivity contribution is 6.05. The van der Waals surface area contributed by atoms with Crippen LogP contribution in [0.1, 0.15) is 73.3 Å². The number of hydrogen-bond acceptors (Lipinski definition) is 6. The minimum Gasteiger partial charge on any atom is -0.338 e. The second kappa shape index (κ2) is 10.8. The fourth-order valence-electron chi connectivity index (χ4n) is 6.25. The Kier molecular flexibility index (Phi) is 6.73. The van der Waals surface area contributed by atoms with Crippen LogP contribution in [-0.2, 0) is 4.79 Å². The molecule has 3 N–H and O–H groups in total. The minimum atomic E-state index is -0.949. The summed E-state index contributed by atoms with van der Waals surface area (Å²) >= 11 is 0. The molecule has 5 aromatic rings. The third kappa shape index (κ3) is 4.82. The van der Waals surface area contributed by atoms with E-state index in [0.29, 0.717) is 35.8 Å². The van der Waals surface area contributed by atoms with Gasteiger partial charge in [-0.3, -0.25) is 9.59 Å². The van der Waals surface area contributed by atoms with Gasteiger partial charge in [0.1, 0.15) is 5.54 Å². The lowest BCUT2D eigenvalue weighted by atomic mass is 9.75. The first kappa shape index (κ1) is 26.1. The summed E-state index contributed by atoms with van der Waals surface area (Å²) < 4.78 is 2.06. The Balaban J connectivity index is 1.12. The molecule has 0 unspecified atom stereocenters. The summed E-state index contributed by atoms with van der Waals surface area (Å²) in [6.07, 6.45) is 8.05. The quantitative estimate of drug-likeness (QED) is 0.239. The Morgan fingerprint density at radius 2 is 1.69 bits per heavy atom. The van der Waals surface area contributed by atoms with Gasteiger partial charge in [0.2, 0.25) is 11.7 Å². The molecule has 2 aliphatic rings. The summed E-state index contributed by atoms with van der Waals surface area (Å²) in [6.45, 7) is 0. The monoisotopic (exact) mass is 560 g/mol. The molecule has 2 aliphatic carbocycles. The summed E-state index contributed by atoms with van der Waals surface area (Å²) in [6, 6.07) is 23.2. The molecule has 0 spiro atoms. The number of para-hydroxylation sites is 1. The average Bonchev–Trinajstić information content (AvgIpc) is 3.68. The molecular formula is C32H32N8O2. The van der Waals surface area contributed by atoms with E-state index in [0.717, 1.165) is 41.4 Å². The van der Waals surface area contributed by atoms with E-state index in [-0.39, 0.29) is 11.8 Å². The normalized spacial score (nSPS) is 16.6. The van der Waals surface area contributed by atoms with Crippen LogP contribution < -0.4 is 10.6 Å². The Labute approximate surface area is 242 Å². The lowest BCUT2D eigenvalue weighted by Gasteiger charge is -2.40. The molecule has 2 fully saturated rings. The maximum atomic E-state index is 13.5. The number of carbonyl (C=O) groups excluding carboxylic acids is 2. The zero-order chi connectivity index (χ0) is 28.5. The lowest BCUT2D eigenvalue weighted by Crippen LogP contribution is -2.61. The highest BCUT2D eigenvalue weighted by atomic mass is 16.2. The first-order chi connectivity index (χ1) is 20.6. The van der Waals surface area contributed by atoms with Crippen LogP contribution in [0.2, 0.25) is 0 Å². The second-order valence-corrected chi connectivity index (χ2v) is 11.4. The maximum absolute atomic E-state index is 13.5. The van der Waals surface area contributed by atoms with Gasteiger partial charge in [-0.05, 0) is 85.8 Å². The number of benzene rings is 3. The van der Waals surface area contributed by atoms with Crippen molar-refractivity contribution in [2.75, 3.05) is 5.32 Å². The number of fused-ring (bicyclic) bond motifs is 1. The molecule has 0 atom stereocenters. The number of rotatable bonds is 7. The Morgan fingerprint density at radius 1 is 0.905 bits per heavy atom. The van der Waals surface area contributed by atoms with Crippen molar-refractivity contribution in [3.63, 3.8) is 0 Å². The summed E-state index contributed by atoms with van der Waals surface area (Å²) in [4.78, 5) is 27.0. The van der Waals surface area contributed by atoms with Crippen molar-refractivity contribution in [1.82, 2.24) is 35.7 Å². The molecule has 10 heteroatoms. The average molecular weight is 561 g/mol. The van der Waals surface area contributed by atoms with Gasteiger partial charge in [0, 0.05) is 28.1 Å². The molecular weight excluding hydrogens is 528 g/mol. The van der Waals surface area contributed by atoms with Gasteiger partial charge >= 0.3 is 0 Å². The van der Waals surface area contributed by atoms with Crippen molar-refractivity contribution in [3.05, 3.63) is 84.1 Å². The number of anilines is 1. The number of amides is 2. The predicted octanol–water partition coefficient (Wildman–Crippen LogP) is 5.54. The first-order valence-corrected chi connectivity index (χ1v) is 14.7. The third-order valence-electron chi connectivity index (χ3n) is 8.71. The molecule has 3 aromatic carbocycles. The van der Waals surface area contributed by atoms with Gasteiger partial charge in [-0.1, -0.05) is 43.5 Å². The second-order valence-electron chi connectivity index (χ2n) is 11.4. The molecule has 2 saturated carbocycles. The fourth-order valence-corrected chi connectivity index (χ4v) is 6.25. The zero-order valence-electron chi connectivity index (χ0n) is 23.2. The topological polar surface area (TPSA) is 130 Å². The number of carbonyl (C=O) groups is 2. The molecule has 0 saturated heterocycles. The van der Waals surface area contributed by atoms with Crippen LogP contribution in [0.5, 0.6) is 0 Å². The number of nitrogens with zero attached hydrogens (tertiary/aromatic N) is 5. The Morgan fingerprint density at radius 3 is 2.38 bits per heavy atom. The molecule has 0 bridgehead atoms. The van der Waals surface area contributed by atoms with E-state index in [1.807, 2.05) is 48.5 Å². The molecule has 42 heavy (non-hydrogen) atoms. The number of aromatic amines is 1.